The smallest absolute Gasteiger partial charge is 0.313 e. The second-order valence-corrected chi connectivity index (χ2v) is 1.38. The Morgan fingerprint density at radius 2 is 2.11 bits per heavy atom. The fourth-order valence-electron chi connectivity index (χ4n) is 0.390. The third kappa shape index (κ3) is 2.17. The number of imidazole rings is 1. The van der Waals surface area contributed by atoms with E-state index in [1.165, 1.54) is 4.57 Å². The highest BCUT2D eigenvalue weighted by atomic mass is 16.1. The van der Waals surface area contributed by atoms with E-state index in [-0.39, 0.29) is 5.69 Å². The molecule has 3 nitrogen and oxygen atoms in total. The van der Waals surface area contributed by atoms with Gasteiger partial charge in [-0.15, -0.1) is 0 Å². The Morgan fingerprint density at radius 1 is 1.56 bits per heavy atom. The SMILES string of the molecule is CC.Cn1cc[nH]c1=O. The van der Waals surface area contributed by atoms with Crippen molar-refractivity contribution in [2.24, 2.45) is 7.05 Å². The minimum Gasteiger partial charge on any atom is -0.313 e. The number of H-pyrrole nitrogens is 1. The van der Waals surface area contributed by atoms with Gasteiger partial charge in [0.25, 0.3) is 0 Å². The maximum Gasteiger partial charge on any atom is 0.325 e. The fraction of sp³-hybridized carbons (Fsp3) is 0.500. The number of aryl methyl sites for hydroxylation is 1. The Balaban J connectivity index is 0.000000291. The molecule has 0 aliphatic rings. The second kappa shape index (κ2) is 3.95. The van der Waals surface area contributed by atoms with E-state index in [4.69, 9.17) is 0 Å². The van der Waals surface area contributed by atoms with Crippen LogP contribution in [0.15, 0.2) is 17.2 Å². The lowest BCUT2D eigenvalue weighted by molar-refractivity contribution is 0.862. The molecule has 1 aromatic heterocycles. The van der Waals surface area contributed by atoms with Gasteiger partial charge in [0, 0.05) is 19.4 Å². The van der Waals surface area contributed by atoms with Gasteiger partial charge < -0.3 is 9.55 Å². The van der Waals surface area contributed by atoms with Gasteiger partial charge in [0.2, 0.25) is 0 Å². The molecule has 1 heterocycles. The summed E-state index contributed by atoms with van der Waals surface area (Å²) >= 11 is 0. The molecule has 0 unspecified atom stereocenters. The highest BCUT2D eigenvalue weighted by molar-refractivity contribution is 4.72. The fourth-order valence-corrected chi connectivity index (χ4v) is 0.390. The molecule has 9 heavy (non-hydrogen) atoms. The molecule has 0 radical (unpaired) electrons. The monoisotopic (exact) mass is 128 g/mol. The molecule has 0 spiro atoms. The van der Waals surface area contributed by atoms with Crippen molar-refractivity contribution in [3.63, 3.8) is 0 Å². The lowest BCUT2D eigenvalue weighted by Gasteiger charge is -1.76. The molecule has 0 saturated carbocycles. The second-order valence-electron chi connectivity index (χ2n) is 1.38. The summed E-state index contributed by atoms with van der Waals surface area (Å²) in [5, 5.41) is 0. The van der Waals surface area contributed by atoms with E-state index in [1.54, 1.807) is 19.4 Å². The highest BCUT2D eigenvalue weighted by Gasteiger charge is 1.80. The Bertz CT molecular complexity index is 199. The Hall–Kier alpha value is -0.990. The molecule has 0 saturated heterocycles. The van der Waals surface area contributed by atoms with Crippen molar-refractivity contribution in [3.8, 4) is 0 Å². The van der Waals surface area contributed by atoms with Gasteiger partial charge >= 0.3 is 5.69 Å². The summed E-state index contributed by atoms with van der Waals surface area (Å²) in [5.74, 6) is 0. The molecule has 1 N–H and O–H groups in total. The van der Waals surface area contributed by atoms with Crippen molar-refractivity contribution in [2.75, 3.05) is 0 Å². The number of hydrogen-bond donors (Lipinski definition) is 1. The third-order valence-corrected chi connectivity index (χ3v) is 0.825. The number of rotatable bonds is 0. The first-order chi connectivity index (χ1) is 4.30. The lowest BCUT2D eigenvalue weighted by atomic mass is 10.9. The zero-order valence-electron chi connectivity index (χ0n) is 6.01. The molecular formula is C6H12N2O. The minimum atomic E-state index is -0.0694. The van der Waals surface area contributed by atoms with E-state index in [9.17, 15) is 4.79 Å². The molecule has 1 aromatic rings. The molecule has 52 valence electrons. The third-order valence-electron chi connectivity index (χ3n) is 0.825. The molecule has 0 amide bonds. The van der Waals surface area contributed by atoms with Gasteiger partial charge in [0.15, 0.2) is 0 Å². The summed E-state index contributed by atoms with van der Waals surface area (Å²) in [6.45, 7) is 4.00. The zero-order valence-corrected chi connectivity index (χ0v) is 6.01. The van der Waals surface area contributed by atoms with Gasteiger partial charge in [-0.25, -0.2) is 4.79 Å². The van der Waals surface area contributed by atoms with Gasteiger partial charge in [-0.1, -0.05) is 13.8 Å². The number of aromatic amines is 1. The van der Waals surface area contributed by atoms with Crippen molar-refractivity contribution < 1.29 is 0 Å². The number of hydrogen-bond acceptors (Lipinski definition) is 1. The molecule has 0 atom stereocenters. The zero-order chi connectivity index (χ0) is 7.28. The largest absolute Gasteiger partial charge is 0.325 e. The molecule has 0 bridgehead atoms. The summed E-state index contributed by atoms with van der Waals surface area (Å²) in [7, 11) is 1.69. The molecule has 3 heteroatoms. The van der Waals surface area contributed by atoms with Crippen LogP contribution in [-0.2, 0) is 7.05 Å². The van der Waals surface area contributed by atoms with E-state index < -0.39 is 0 Å². The van der Waals surface area contributed by atoms with Crippen LogP contribution in [0.1, 0.15) is 13.8 Å². The molecular weight excluding hydrogens is 116 g/mol. The Kier molecular flexibility index (Phi) is 3.51. The standard InChI is InChI=1S/C4H6N2O.C2H6/c1-6-3-2-5-4(6)7;1-2/h2-3H,1H3,(H,5,7);1-2H3. The number of nitrogens with zero attached hydrogens (tertiary/aromatic N) is 1. The molecule has 1 rings (SSSR count). The van der Waals surface area contributed by atoms with E-state index >= 15 is 0 Å². The number of aromatic nitrogens is 2. The minimum absolute atomic E-state index is 0.0694. The normalized spacial score (nSPS) is 7.89. The predicted molar refractivity (Wildman–Crippen MR) is 37.4 cm³/mol. The van der Waals surface area contributed by atoms with Crippen LogP contribution < -0.4 is 5.69 Å². The van der Waals surface area contributed by atoms with E-state index in [2.05, 4.69) is 4.98 Å². The lowest BCUT2D eigenvalue weighted by Crippen LogP contribution is -2.10. The van der Waals surface area contributed by atoms with Gasteiger partial charge in [-0.05, 0) is 0 Å². The summed E-state index contributed by atoms with van der Waals surface area (Å²) in [5.41, 5.74) is -0.0694. The van der Waals surface area contributed by atoms with Gasteiger partial charge in [-0.2, -0.15) is 0 Å². The Morgan fingerprint density at radius 3 is 2.22 bits per heavy atom. The topological polar surface area (TPSA) is 37.8 Å². The van der Waals surface area contributed by atoms with Crippen LogP contribution in [0.25, 0.3) is 0 Å². The summed E-state index contributed by atoms with van der Waals surface area (Å²) in [4.78, 5) is 12.8. The molecule has 0 aliphatic heterocycles. The molecule has 0 aromatic carbocycles. The van der Waals surface area contributed by atoms with Gasteiger partial charge in [-0.3, -0.25) is 0 Å². The Labute approximate surface area is 54.3 Å². The first kappa shape index (κ1) is 8.01. The van der Waals surface area contributed by atoms with E-state index in [0.717, 1.165) is 0 Å². The average Bonchev–Trinajstić information content (AvgIpc) is 2.23. The first-order valence-corrected chi connectivity index (χ1v) is 3.01. The molecule has 0 aliphatic carbocycles. The first-order valence-electron chi connectivity index (χ1n) is 3.01. The van der Waals surface area contributed by atoms with Crippen LogP contribution in [0.5, 0.6) is 0 Å². The predicted octanol–water partition coefficient (Wildman–Crippen LogP) is 0.740. The van der Waals surface area contributed by atoms with Crippen LogP contribution in [0.2, 0.25) is 0 Å². The van der Waals surface area contributed by atoms with Crippen LogP contribution >= 0.6 is 0 Å². The van der Waals surface area contributed by atoms with Crippen molar-refractivity contribution in [2.45, 2.75) is 13.8 Å². The maximum absolute atomic E-state index is 10.3. The van der Waals surface area contributed by atoms with Crippen LogP contribution in [-0.4, -0.2) is 9.55 Å². The van der Waals surface area contributed by atoms with Crippen LogP contribution in [0.4, 0.5) is 0 Å². The highest BCUT2D eigenvalue weighted by Crippen LogP contribution is 1.64. The van der Waals surface area contributed by atoms with Gasteiger partial charge in [0.05, 0.1) is 0 Å². The summed E-state index contributed by atoms with van der Waals surface area (Å²) in [6.07, 6.45) is 3.27. The average molecular weight is 128 g/mol. The maximum atomic E-state index is 10.3. The quantitative estimate of drug-likeness (QED) is 0.549. The van der Waals surface area contributed by atoms with Crippen molar-refractivity contribution in [1.82, 2.24) is 9.55 Å². The van der Waals surface area contributed by atoms with Gasteiger partial charge in [0.1, 0.15) is 0 Å². The number of nitrogens with one attached hydrogen (secondary N) is 1. The van der Waals surface area contributed by atoms with Crippen molar-refractivity contribution in [1.29, 1.82) is 0 Å². The van der Waals surface area contributed by atoms with Crippen molar-refractivity contribution in [3.05, 3.63) is 22.9 Å². The summed E-state index contributed by atoms with van der Waals surface area (Å²) in [6, 6.07) is 0. The van der Waals surface area contributed by atoms with E-state index in [0.29, 0.717) is 0 Å². The van der Waals surface area contributed by atoms with Crippen LogP contribution in [0, 0.1) is 0 Å². The summed E-state index contributed by atoms with van der Waals surface area (Å²) < 4.78 is 1.47. The molecule has 0 fully saturated rings. The van der Waals surface area contributed by atoms with E-state index in [1.807, 2.05) is 13.8 Å². The van der Waals surface area contributed by atoms with Crippen molar-refractivity contribution >= 4 is 0 Å². The van der Waals surface area contributed by atoms with Crippen LogP contribution in [0.3, 0.4) is 0 Å².